The van der Waals surface area contributed by atoms with Gasteiger partial charge in [-0.1, -0.05) is 12.1 Å². The zero-order valence-corrected chi connectivity index (χ0v) is 11.5. The molecule has 0 spiro atoms. The van der Waals surface area contributed by atoms with Gasteiger partial charge in [0, 0.05) is 19.2 Å². The summed E-state index contributed by atoms with van der Waals surface area (Å²) in [6.07, 6.45) is 0. The first-order valence-corrected chi connectivity index (χ1v) is 7.28. The summed E-state index contributed by atoms with van der Waals surface area (Å²) in [7, 11) is -2.39. The summed E-state index contributed by atoms with van der Waals surface area (Å²) in [5.41, 5.74) is -0.289. The van der Waals surface area contributed by atoms with E-state index < -0.39 is 21.7 Å². The van der Waals surface area contributed by atoms with Gasteiger partial charge in [-0.25, -0.2) is 8.42 Å². The number of aliphatic hydroxyl groups excluding tert-OH is 1. The third kappa shape index (κ3) is 2.61. The molecule has 7 nitrogen and oxygen atoms in total. The molecule has 0 fully saturated rings. The molecule has 1 aliphatic rings. The minimum absolute atomic E-state index is 0.0639. The number of hydrogen-bond donors (Lipinski definition) is 3. The summed E-state index contributed by atoms with van der Waals surface area (Å²) in [6, 6.07) is 5.91. The lowest BCUT2D eigenvalue weighted by Crippen LogP contribution is -2.39. The number of benzene rings is 1. The number of fused-ring (bicyclic) bond motifs is 1. The SMILES string of the molecule is COCCNC(=O)C1=C(O)c2ccccc2S(=O)(=O)N1. The highest BCUT2D eigenvalue weighted by Gasteiger charge is 2.32. The van der Waals surface area contributed by atoms with Crippen LogP contribution in [-0.2, 0) is 19.6 Å². The Morgan fingerprint density at radius 3 is 2.80 bits per heavy atom. The molecular weight excluding hydrogens is 284 g/mol. The van der Waals surface area contributed by atoms with Crippen LogP contribution >= 0.6 is 0 Å². The molecule has 8 heteroatoms. The number of hydrogen-bond acceptors (Lipinski definition) is 5. The van der Waals surface area contributed by atoms with Crippen molar-refractivity contribution in [3.8, 4) is 0 Å². The van der Waals surface area contributed by atoms with Gasteiger partial charge in [0.2, 0.25) is 0 Å². The van der Waals surface area contributed by atoms with Crippen molar-refractivity contribution in [1.29, 1.82) is 0 Å². The van der Waals surface area contributed by atoms with Crippen molar-refractivity contribution in [2.45, 2.75) is 4.90 Å². The fraction of sp³-hybridized carbons (Fsp3) is 0.250. The molecule has 0 atom stereocenters. The Morgan fingerprint density at radius 2 is 2.10 bits per heavy atom. The topological polar surface area (TPSA) is 105 Å². The molecule has 3 N–H and O–H groups in total. The minimum Gasteiger partial charge on any atom is -0.505 e. The lowest BCUT2D eigenvalue weighted by atomic mass is 10.1. The van der Waals surface area contributed by atoms with Gasteiger partial charge in [0.25, 0.3) is 15.9 Å². The van der Waals surface area contributed by atoms with Crippen molar-refractivity contribution in [2.24, 2.45) is 0 Å². The standard InChI is InChI=1S/C12H14N2O5S/c1-19-7-6-13-12(16)10-11(15)8-4-2-3-5-9(8)20(17,18)14-10/h2-5,14-15H,6-7H2,1H3,(H,13,16). The van der Waals surface area contributed by atoms with E-state index in [4.69, 9.17) is 4.74 Å². The second-order valence-electron chi connectivity index (χ2n) is 4.07. The third-order valence-electron chi connectivity index (χ3n) is 2.72. The fourth-order valence-corrected chi connectivity index (χ4v) is 3.06. The molecular formula is C12H14N2O5S. The summed E-state index contributed by atoms with van der Waals surface area (Å²) in [4.78, 5) is 11.8. The number of carbonyl (C=O) groups excluding carboxylic acids is 1. The molecule has 0 saturated heterocycles. The van der Waals surface area contributed by atoms with Crippen LogP contribution in [0.4, 0.5) is 0 Å². The molecule has 1 aliphatic heterocycles. The van der Waals surface area contributed by atoms with Gasteiger partial charge in [-0.3, -0.25) is 9.52 Å². The Morgan fingerprint density at radius 1 is 1.40 bits per heavy atom. The first-order chi connectivity index (χ1) is 9.47. The highest BCUT2D eigenvalue weighted by Crippen LogP contribution is 2.28. The number of nitrogens with one attached hydrogen (secondary N) is 2. The van der Waals surface area contributed by atoms with Crippen molar-refractivity contribution in [3.63, 3.8) is 0 Å². The van der Waals surface area contributed by atoms with Crippen LogP contribution in [0.3, 0.4) is 0 Å². The number of amides is 1. The number of aliphatic hydroxyl groups is 1. The molecule has 0 aromatic heterocycles. The normalized spacial score (nSPS) is 16.2. The summed E-state index contributed by atoms with van der Waals surface area (Å²) >= 11 is 0. The van der Waals surface area contributed by atoms with Gasteiger partial charge >= 0.3 is 0 Å². The molecule has 0 aliphatic carbocycles. The largest absolute Gasteiger partial charge is 0.505 e. The number of carbonyl (C=O) groups is 1. The molecule has 1 aromatic carbocycles. The Hall–Kier alpha value is -2.06. The lowest BCUT2D eigenvalue weighted by Gasteiger charge is -2.20. The number of methoxy groups -OCH3 is 1. The maximum absolute atomic E-state index is 12.0. The first-order valence-electron chi connectivity index (χ1n) is 5.80. The van der Waals surface area contributed by atoms with E-state index in [1.807, 2.05) is 0 Å². The van der Waals surface area contributed by atoms with Gasteiger partial charge in [-0.15, -0.1) is 0 Å². The Kier molecular flexibility index (Phi) is 3.96. The van der Waals surface area contributed by atoms with E-state index in [1.165, 1.54) is 25.3 Å². The third-order valence-corrected chi connectivity index (χ3v) is 4.13. The molecule has 0 unspecified atom stereocenters. The quantitative estimate of drug-likeness (QED) is 0.677. The van der Waals surface area contributed by atoms with E-state index in [1.54, 1.807) is 6.07 Å². The van der Waals surface area contributed by atoms with Crippen molar-refractivity contribution in [2.75, 3.05) is 20.3 Å². The highest BCUT2D eigenvalue weighted by molar-refractivity contribution is 7.89. The van der Waals surface area contributed by atoms with Crippen LogP contribution in [0.15, 0.2) is 34.9 Å². The van der Waals surface area contributed by atoms with E-state index in [0.717, 1.165) is 0 Å². The van der Waals surface area contributed by atoms with Crippen LogP contribution in [0, 0.1) is 0 Å². The number of rotatable bonds is 4. The van der Waals surface area contributed by atoms with Gasteiger partial charge in [-0.2, -0.15) is 0 Å². The van der Waals surface area contributed by atoms with Crippen LogP contribution in [0.2, 0.25) is 0 Å². The minimum atomic E-state index is -3.86. The summed E-state index contributed by atoms with van der Waals surface area (Å²) in [5.74, 6) is -1.11. The lowest BCUT2D eigenvalue weighted by molar-refractivity contribution is -0.117. The average molecular weight is 298 g/mol. The maximum atomic E-state index is 12.0. The fourth-order valence-electron chi connectivity index (χ4n) is 1.78. The number of sulfonamides is 1. The second kappa shape index (κ2) is 5.51. The molecule has 1 aromatic rings. The van der Waals surface area contributed by atoms with Gasteiger partial charge in [0.05, 0.1) is 11.5 Å². The monoisotopic (exact) mass is 298 g/mol. The molecule has 108 valence electrons. The Bertz CT molecular complexity index is 666. The summed E-state index contributed by atoms with van der Waals surface area (Å²) in [6.45, 7) is 0.485. The Labute approximate surface area is 116 Å². The maximum Gasteiger partial charge on any atom is 0.272 e. The van der Waals surface area contributed by atoms with Crippen molar-refractivity contribution in [1.82, 2.24) is 10.0 Å². The molecule has 0 radical (unpaired) electrons. The van der Waals surface area contributed by atoms with E-state index in [0.29, 0.717) is 0 Å². The first kappa shape index (κ1) is 14.4. The summed E-state index contributed by atoms with van der Waals surface area (Å²) in [5, 5.41) is 12.5. The average Bonchev–Trinajstić information content (AvgIpc) is 2.43. The van der Waals surface area contributed by atoms with Gasteiger partial charge in [-0.05, 0) is 12.1 Å². The number of ether oxygens (including phenoxy) is 1. The molecule has 0 saturated carbocycles. The molecule has 0 bridgehead atoms. The van der Waals surface area contributed by atoms with E-state index in [9.17, 15) is 18.3 Å². The molecule has 20 heavy (non-hydrogen) atoms. The summed E-state index contributed by atoms with van der Waals surface area (Å²) < 4.78 is 30.9. The van der Waals surface area contributed by atoms with Gasteiger partial charge in [0.1, 0.15) is 0 Å². The zero-order valence-electron chi connectivity index (χ0n) is 10.7. The van der Waals surface area contributed by atoms with Gasteiger partial charge < -0.3 is 15.2 Å². The zero-order chi connectivity index (χ0) is 14.8. The van der Waals surface area contributed by atoms with E-state index in [-0.39, 0.29) is 29.3 Å². The smallest absolute Gasteiger partial charge is 0.272 e. The molecule has 1 heterocycles. The van der Waals surface area contributed by atoms with Crippen molar-refractivity contribution < 1.29 is 23.1 Å². The van der Waals surface area contributed by atoms with Crippen LogP contribution in [0.5, 0.6) is 0 Å². The van der Waals surface area contributed by atoms with E-state index in [2.05, 4.69) is 10.0 Å². The highest BCUT2D eigenvalue weighted by atomic mass is 32.2. The molecule has 2 rings (SSSR count). The van der Waals surface area contributed by atoms with Crippen LogP contribution in [0.1, 0.15) is 5.56 Å². The Balaban J connectivity index is 2.38. The molecule has 1 amide bonds. The predicted molar refractivity (Wildman–Crippen MR) is 71.2 cm³/mol. The van der Waals surface area contributed by atoms with E-state index >= 15 is 0 Å². The van der Waals surface area contributed by atoms with Crippen molar-refractivity contribution in [3.05, 3.63) is 35.5 Å². The second-order valence-corrected chi connectivity index (χ2v) is 5.72. The van der Waals surface area contributed by atoms with Crippen LogP contribution in [0.25, 0.3) is 5.76 Å². The predicted octanol–water partition coefficient (Wildman–Crippen LogP) is -0.0323. The van der Waals surface area contributed by atoms with Crippen LogP contribution < -0.4 is 10.0 Å². The van der Waals surface area contributed by atoms with Gasteiger partial charge in [0.15, 0.2) is 11.5 Å². The van der Waals surface area contributed by atoms with Crippen LogP contribution in [-0.4, -0.2) is 39.7 Å². The van der Waals surface area contributed by atoms with Crippen molar-refractivity contribution >= 4 is 21.7 Å².